The third-order valence-electron chi connectivity index (χ3n) is 3.38. The van der Waals surface area contributed by atoms with Gasteiger partial charge in [-0.1, -0.05) is 12.1 Å². The topological polar surface area (TPSA) is 37.0 Å². The van der Waals surface area contributed by atoms with Crippen molar-refractivity contribution in [1.29, 1.82) is 0 Å². The van der Waals surface area contributed by atoms with E-state index in [1.807, 2.05) is 6.92 Å². The zero-order valence-electron chi connectivity index (χ0n) is 11.2. The number of aromatic nitrogens is 1. The van der Waals surface area contributed by atoms with E-state index in [1.165, 1.54) is 29.7 Å². The van der Waals surface area contributed by atoms with E-state index in [0.717, 1.165) is 30.3 Å². The van der Waals surface area contributed by atoms with E-state index >= 15 is 0 Å². The van der Waals surface area contributed by atoms with Crippen LogP contribution in [0, 0.1) is 6.92 Å². The molecule has 0 atom stereocenters. The van der Waals surface area contributed by atoms with Crippen LogP contribution in [-0.2, 0) is 19.5 Å². The van der Waals surface area contributed by atoms with E-state index in [4.69, 9.17) is 0 Å². The zero-order valence-corrected chi connectivity index (χ0v) is 12.0. The van der Waals surface area contributed by atoms with Crippen LogP contribution < -0.4 is 10.6 Å². The summed E-state index contributed by atoms with van der Waals surface area (Å²) in [6, 6.07) is 6.73. The van der Waals surface area contributed by atoms with Crippen LogP contribution in [0.2, 0.25) is 0 Å². The lowest BCUT2D eigenvalue weighted by atomic mass is 10.0. The molecule has 0 unspecified atom stereocenters. The minimum absolute atomic E-state index is 0.855. The average Bonchev–Trinajstić information content (AvgIpc) is 2.84. The molecule has 2 aromatic rings. The minimum atomic E-state index is 0.855. The Morgan fingerprint density at radius 2 is 2.32 bits per heavy atom. The van der Waals surface area contributed by atoms with Crippen molar-refractivity contribution in [2.45, 2.75) is 32.9 Å². The first-order chi connectivity index (χ1) is 9.31. The van der Waals surface area contributed by atoms with E-state index in [1.54, 1.807) is 11.3 Å². The summed E-state index contributed by atoms with van der Waals surface area (Å²) in [4.78, 5) is 4.46. The first-order valence-electron chi connectivity index (χ1n) is 6.79. The molecule has 0 bridgehead atoms. The van der Waals surface area contributed by atoms with Gasteiger partial charge in [0, 0.05) is 36.4 Å². The molecule has 0 amide bonds. The van der Waals surface area contributed by atoms with Crippen molar-refractivity contribution in [2.75, 3.05) is 11.9 Å². The highest BCUT2D eigenvalue weighted by atomic mass is 32.1. The number of nitrogens with one attached hydrogen (secondary N) is 2. The fourth-order valence-corrected chi connectivity index (χ4v) is 3.18. The first-order valence-corrected chi connectivity index (χ1v) is 7.66. The highest BCUT2D eigenvalue weighted by Crippen LogP contribution is 2.22. The summed E-state index contributed by atoms with van der Waals surface area (Å²) in [6.45, 7) is 4.91. The zero-order chi connectivity index (χ0) is 13.1. The predicted octanol–water partition coefficient (Wildman–Crippen LogP) is 3.10. The molecule has 0 fully saturated rings. The fraction of sp³-hybridized carbons (Fsp3) is 0.400. The molecule has 4 heteroatoms. The van der Waals surface area contributed by atoms with Crippen molar-refractivity contribution < 1.29 is 0 Å². The lowest BCUT2D eigenvalue weighted by molar-refractivity contribution is 0.687. The maximum absolute atomic E-state index is 4.46. The second-order valence-corrected chi connectivity index (χ2v) is 5.95. The van der Waals surface area contributed by atoms with Crippen molar-refractivity contribution in [3.05, 3.63) is 45.4 Å². The molecule has 0 aliphatic carbocycles. The third kappa shape index (κ3) is 3.14. The lowest BCUT2D eigenvalue weighted by Crippen LogP contribution is -2.15. The fourth-order valence-electron chi connectivity index (χ4n) is 2.44. The molecule has 1 aromatic carbocycles. The first kappa shape index (κ1) is 12.6. The van der Waals surface area contributed by atoms with Gasteiger partial charge in [-0.05, 0) is 37.0 Å². The van der Waals surface area contributed by atoms with Gasteiger partial charge in [-0.2, -0.15) is 0 Å². The van der Waals surface area contributed by atoms with Gasteiger partial charge in [0.25, 0.3) is 0 Å². The molecular weight excluding hydrogens is 254 g/mol. The normalized spacial score (nSPS) is 13.9. The summed E-state index contributed by atoms with van der Waals surface area (Å²) in [5.74, 6) is 0. The van der Waals surface area contributed by atoms with Gasteiger partial charge >= 0.3 is 0 Å². The Morgan fingerprint density at radius 1 is 1.37 bits per heavy atom. The number of thiazole rings is 1. The Kier molecular flexibility index (Phi) is 3.80. The molecule has 1 aliphatic rings. The average molecular weight is 273 g/mol. The molecule has 0 radical (unpaired) electrons. The van der Waals surface area contributed by atoms with Crippen LogP contribution in [0.5, 0.6) is 0 Å². The molecule has 2 N–H and O–H groups in total. The molecule has 100 valence electrons. The number of hydrogen-bond acceptors (Lipinski definition) is 4. The third-order valence-corrected chi connectivity index (χ3v) is 4.35. The summed E-state index contributed by atoms with van der Waals surface area (Å²) in [5.41, 5.74) is 5.23. The summed E-state index contributed by atoms with van der Waals surface area (Å²) in [6.07, 6.45) is 2.43. The van der Waals surface area contributed by atoms with Crippen LogP contribution in [0.1, 0.15) is 28.2 Å². The van der Waals surface area contributed by atoms with E-state index in [9.17, 15) is 0 Å². The van der Waals surface area contributed by atoms with Gasteiger partial charge in [0.15, 0.2) is 0 Å². The van der Waals surface area contributed by atoms with Crippen LogP contribution in [-0.4, -0.2) is 11.5 Å². The summed E-state index contributed by atoms with van der Waals surface area (Å²) < 4.78 is 0. The van der Waals surface area contributed by atoms with Crippen molar-refractivity contribution in [1.82, 2.24) is 10.3 Å². The van der Waals surface area contributed by atoms with Crippen molar-refractivity contribution in [2.24, 2.45) is 0 Å². The number of fused-ring (bicyclic) bond motifs is 1. The van der Waals surface area contributed by atoms with Crippen LogP contribution >= 0.6 is 11.3 Å². The van der Waals surface area contributed by atoms with Gasteiger partial charge in [0.2, 0.25) is 0 Å². The molecule has 19 heavy (non-hydrogen) atoms. The standard InChI is InChI=1S/C15H19N3S/c1-11-10-19-15(18-11)9-16-8-12-4-5-14-13(7-12)3-2-6-17-14/h4-5,7,10,16-17H,2-3,6,8-9H2,1H3. The molecular formula is C15H19N3S. The van der Waals surface area contributed by atoms with E-state index in [2.05, 4.69) is 39.2 Å². The van der Waals surface area contributed by atoms with E-state index in [-0.39, 0.29) is 0 Å². The minimum Gasteiger partial charge on any atom is -0.385 e. The lowest BCUT2D eigenvalue weighted by Gasteiger charge is -2.18. The van der Waals surface area contributed by atoms with E-state index in [0.29, 0.717) is 0 Å². The van der Waals surface area contributed by atoms with Crippen molar-refractivity contribution in [3.8, 4) is 0 Å². The molecule has 0 saturated heterocycles. The Balaban J connectivity index is 1.58. The highest BCUT2D eigenvalue weighted by Gasteiger charge is 2.08. The summed E-state index contributed by atoms with van der Waals surface area (Å²) in [7, 11) is 0. The van der Waals surface area contributed by atoms with Gasteiger partial charge in [-0.15, -0.1) is 11.3 Å². The number of nitrogens with zero attached hydrogens (tertiary/aromatic N) is 1. The maximum Gasteiger partial charge on any atom is 0.107 e. The SMILES string of the molecule is Cc1csc(CNCc2ccc3c(c2)CCCN3)n1. The Morgan fingerprint density at radius 3 is 3.16 bits per heavy atom. The molecule has 1 aliphatic heterocycles. The van der Waals surface area contributed by atoms with E-state index < -0.39 is 0 Å². The predicted molar refractivity (Wildman–Crippen MR) is 80.6 cm³/mol. The monoisotopic (exact) mass is 273 g/mol. The molecule has 2 heterocycles. The number of benzene rings is 1. The molecule has 1 aromatic heterocycles. The van der Waals surface area contributed by atoms with Crippen LogP contribution in [0.15, 0.2) is 23.6 Å². The number of hydrogen-bond donors (Lipinski definition) is 2. The van der Waals surface area contributed by atoms with Crippen LogP contribution in [0.3, 0.4) is 0 Å². The van der Waals surface area contributed by atoms with Gasteiger partial charge in [0.1, 0.15) is 5.01 Å². The number of anilines is 1. The van der Waals surface area contributed by atoms with Crippen LogP contribution in [0.25, 0.3) is 0 Å². The molecule has 3 nitrogen and oxygen atoms in total. The quantitative estimate of drug-likeness (QED) is 0.899. The van der Waals surface area contributed by atoms with Crippen LogP contribution in [0.4, 0.5) is 5.69 Å². The molecule has 0 saturated carbocycles. The van der Waals surface area contributed by atoms with Crippen molar-refractivity contribution >= 4 is 17.0 Å². The van der Waals surface area contributed by atoms with Crippen molar-refractivity contribution in [3.63, 3.8) is 0 Å². The summed E-state index contributed by atoms with van der Waals surface area (Å²) >= 11 is 1.72. The van der Waals surface area contributed by atoms with Gasteiger partial charge in [-0.3, -0.25) is 0 Å². The maximum atomic E-state index is 4.46. The highest BCUT2D eigenvalue weighted by molar-refractivity contribution is 7.09. The Hall–Kier alpha value is -1.39. The number of aryl methyl sites for hydroxylation is 2. The Bertz CT molecular complexity index is 562. The molecule has 3 rings (SSSR count). The molecule has 0 spiro atoms. The van der Waals surface area contributed by atoms with Gasteiger partial charge < -0.3 is 10.6 Å². The smallest absolute Gasteiger partial charge is 0.107 e. The number of rotatable bonds is 4. The second kappa shape index (κ2) is 5.72. The largest absolute Gasteiger partial charge is 0.385 e. The second-order valence-electron chi connectivity index (χ2n) is 5.01. The van der Waals surface area contributed by atoms with Gasteiger partial charge in [-0.25, -0.2) is 4.98 Å². The Labute approximate surface area is 118 Å². The van der Waals surface area contributed by atoms with Gasteiger partial charge in [0.05, 0.1) is 0 Å². The summed E-state index contributed by atoms with van der Waals surface area (Å²) in [5, 5.41) is 10.2.